The number of nitrogens with zero attached hydrogens (tertiary/aromatic N) is 1. The average molecular weight is 227 g/mol. The van der Waals surface area contributed by atoms with Crippen LogP contribution in [-0.2, 0) is 0 Å². The zero-order chi connectivity index (χ0) is 10.8. The topological polar surface area (TPSA) is 26.0 Å². The Labute approximate surface area is 97.2 Å². The van der Waals surface area contributed by atoms with Crippen molar-refractivity contribution in [2.75, 3.05) is 0 Å². The van der Waals surface area contributed by atoms with E-state index in [0.717, 1.165) is 21.9 Å². The molecular weight excluding hydrogens is 218 g/mol. The predicted molar refractivity (Wildman–Crippen MR) is 65.3 cm³/mol. The van der Waals surface area contributed by atoms with E-state index in [1.807, 2.05) is 53.9 Å². The molecule has 0 N–H and O–H groups in total. The fourth-order valence-electron chi connectivity index (χ4n) is 1.55. The lowest BCUT2D eigenvalue weighted by atomic mass is 10.1. The van der Waals surface area contributed by atoms with Crippen molar-refractivity contribution in [3.63, 3.8) is 0 Å². The lowest BCUT2D eigenvalue weighted by Gasteiger charge is -1.91. The molecule has 0 aliphatic carbocycles. The lowest BCUT2D eigenvalue weighted by molar-refractivity contribution is 0.435. The van der Waals surface area contributed by atoms with Crippen molar-refractivity contribution in [2.45, 2.75) is 0 Å². The molecule has 0 unspecified atom stereocenters. The van der Waals surface area contributed by atoms with E-state index in [0.29, 0.717) is 0 Å². The van der Waals surface area contributed by atoms with Crippen molar-refractivity contribution in [3.8, 4) is 21.9 Å². The molecule has 0 fully saturated rings. The Morgan fingerprint density at radius 3 is 2.62 bits per heavy atom. The highest BCUT2D eigenvalue weighted by molar-refractivity contribution is 7.13. The van der Waals surface area contributed by atoms with Crippen LogP contribution in [0.2, 0.25) is 0 Å². The van der Waals surface area contributed by atoms with Crippen LogP contribution >= 0.6 is 11.3 Å². The van der Waals surface area contributed by atoms with Crippen LogP contribution in [0, 0.1) is 0 Å². The monoisotopic (exact) mass is 227 g/mol. The average Bonchev–Trinajstić information content (AvgIpc) is 3.01. The van der Waals surface area contributed by atoms with Gasteiger partial charge in [0.15, 0.2) is 5.76 Å². The van der Waals surface area contributed by atoms with Gasteiger partial charge < -0.3 is 4.52 Å². The van der Waals surface area contributed by atoms with E-state index in [1.54, 1.807) is 11.3 Å². The van der Waals surface area contributed by atoms with Gasteiger partial charge in [0.05, 0.1) is 4.88 Å². The first-order chi connectivity index (χ1) is 7.93. The molecule has 2 aromatic heterocycles. The highest BCUT2D eigenvalue weighted by atomic mass is 32.1. The van der Waals surface area contributed by atoms with Gasteiger partial charge in [-0.25, -0.2) is 0 Å². The molecule has 0 amide bonds. The van der Waals surface area contributed by atoms with E-state index in [1.165, 1.54) is 0 Å². The Balaban J connectivity index is 2.00. The largest absolute Gasteiger partial charge is 0.356 e. The molecule has 16 heavy (non-hydrogen) atoms. The third-order valence-electron chi connectivity index (χ3n) is 2.34. The molecule has 0 aliphatic rings. The van der Waals surface area contributed by atoms with Gasteiger partial charge in [-0.2, -0.15) is 0 Å². The van der Waals surface area contributed by atoms with E-state index in [9.17, 15) is 0 Å². The number of thiophene rings is 1. The second-order valence-electron chi connectivity index (χ2n) is 3.42. The van der Waals surface area contributed by atoms with E-state index < -0.39 is 0 Å². The predicted octanol–water partition coefficient (Wildman–Crippen LogP) is 4.07. The summed E-state index contributed by atoms with van der Waals surface area (Å²) in [5.41, 5.74) is 1.95. The first kappa shape index (κ1) is 9.36. The molecule has 2 nitrogen and oxygen atoms in total. The SMILES string of the molecule is c1ccc(-c2cc(-c3cccs3)no2)cc1. The number of benzene rings is 1. The van der Waals surface area contributed by atoms with Gasteiger partial charge >= 0.3 is 0 Å². The molecule has 0 saturated heterocycles. The number of aromatic nitrogens is 1. The zero-order valence-corrected chi connectivity index (χ0v) is 9.28. The fourth-order valence-corrected chi connectivity index (χ4v) is 2.23. The minimum absolute atomic E-state index is 0.809. The maximum Gasteiger partial charge on any atom is 0.167 e. The van der Waals surface area contributed by atoms with E-state index in [2.05, 4.69) is 5.16 Å². The van der Waals surface area contributed by atoms with Crippen LogP contribution in [0.5, 0.6) is 0 Å². The molecule has 0 saturated carbocycles. The van der Waals surface area contributed by atoms with E-state index in [4.69, 9.17) is 4.52 Å². The highest BCUT2D eigenvalue weighted by Crippen LogP contribution is 2.28. The van der Waals surface area contributed by atoms with Crippen molar-refractivity contribution in [1.82, 2.24) is 5.16 Å². The second-order valence-corrected chi connectivity index (χ2v) is 4.37. The van der Waals surface area contributed by atoms with Gasteiger partial charge in [0.25, 0.3) is 0 Å². The fraction of sp³-hybridized carbons (Fsp3) is 0. The summed E-state index contributed by atoms with van der Waals surface area (Å²) in [5.74, 6) is 0.809. The van der Waals surface area contributed by atoms with Crippen LogP contribution in [0.1, 0.15) is 0 Å². The molecule has 0 atom stereocenters. The molecule has 3 aromatic rings. The Kier molecular flexibility index (Phi) is 2.31. The quantitative estimate of drug-likeness (QED) is 0.659. The van der Waals surface area contributed by atoms with Crippen molar-refractivity contribution in [3.05, 3.63) is 53.9 Å². The van der Waals surface area contributed by atoms with Gasteiger partial charge in [-0.15, -0.1) is 11.3 Å². The Morgan fingerprint density at radius 1 is 1.00 bits per heavy atom. The number of hydrogen-bond donors (Lipinski definition) is 0. The van der Waals surface area contributed by atoms with Crippen molar-refractivity contribution in [2.24, 2.45) is 0 Å². The summed E-state index contributed by atoms with van der Waals surface area (Å²) in [6.07, 6.45) is 0. The first-order valence-corrected chi connectivity index (χ1v) is 5.87. The second kappa shape index (κ2) is 3.94. The molecule has 1 aromatic carbocycles. The number of hydrogen-bond acceptors (Lipinski definition) is 3. The maximum absolute atomic E-state index is 5.33. The third kappa shape index (κ3) is 1.66. The van der Waals surface area contributed by atoms with Crippen LogP contribution < -0.4 is 0 Å². The summed E-state index contributed by atoms with van der Waals surface area (Å²) >= 11 is 1.66. The molecule has 0 radical (unpaired) electrons. The van der Waals surface area contributed by atoms with Gasteiger partial charge in [-0.05, 0) is 11.4 Å². The summed E-state index contributed by atoms with van der Waals surface area (Å²) in [6, 6.07) is 16.0. The van der Waals surface area contributed by atoms with Gasteiger partial charge in [0, 0.05) is 11.6 Å². The third-order valence-corrected chi connectivity index (χ3v) is 3.23. The molecule has 0 bridgehead atoms. The minimum Gasteiger partial charge on any atom is -0.356 e. The molecule has 0 aliphatic heterocycles. The molecule has 2 heterocycles. The summed E-state index contributed by atoms with van der Waals surface area (Å²) in [5, 5.41) is 6.10. The van der Waals surface area contributed by atoms with E-state index >= 15 is 0 Å². The molecular formula is C13H9NOS. The Bertz CT molecular complexity index is 569. The molecule has 78 valence electrons. The van der Waals surface area contributed by atoms with Crippen molar-refractivity contribution in [1.29, 1.82) is 0 Å². The van der Waals surface area contributed by atoms with Crippen LogP contribution in [0.15, 0.2) is 58.4 Å². The summed E-state index contributed by atoms with van der Waals surface area (Å²) in [7, 11) is 0. The van der Waals surface area contributed by atoms with Gasteiger partial charge in [0.2, 0.25) is 0 Å². The van der Waals surface area contributed by atoms with E-state index in [-0.39, 0.29) is 0 Å². The molecule has 0 spiro atoms. The lowest BCUT2D eigenvalue weighted by Crippen LogP contribution is -1.70. The summed E-state index contributed by atoms with van der Waals surface area (Å²) in [4.78, 5) is 1.13. The smallest absolute Gasteiger partial charge is 0.167 e. The van der Waals surface area contributed by atoms with Crippen molar-refractivity contribution >= 4 is 11.3 Å². The highest BCUT2D eigenvalue weighted by Gasteiger charge is 2.08. The molecule has 3 heteroatoms. The Morgan fingerprint density at radius 2 is 1.88 bits per heavy atom. The first-order valence-electron chi connectivity index (χ1n) is 4.99. The maximum atomic E-state index is 5.33. The molecule has 3 rings (SSSR count). The minimum atomic E-state index is 0.809. The number of rotatable bonds is 2. The van der Waals surface area contributed by atoms with Crippen LogP contribution in [-0.4, -0.2) is 5.16 Å². The van der Waals surface area contributed by atoms with Crippen LogP contribution in [0.25, 0.3) is 21.9 Å². The van der Waals surface area contributed by atoms with Gasteiger partial charge in [0.1, 0.15) is 5.69 Å². The van der Waals surface area contributed by atoms with Crippen LogP contribution in [0.4, 0.5) is 0 Å². The zero-order valence-electron chi connectivity index (χ0n) is 8.46. The standard InChI is InChI=1S/C13H9NOS/c1-2-5-10(6-3-1)12-9-11(14-15-12)13-7-4-8-16-13/h1-9H. The van der Waals surface area contributed by atoms with Crippen molar-refractivity contribution < 1.29 is 4.52 Å². The normalized spacial score (nSPS) is 10.5. The van der Waals surface area contributed by atoms with Gasteiger partial charge in [-0.3, -0.25) is 0 Å². The summed E-state index contributed by atoms with van der Waals surface area (Å²) in [6.45, 7) is 0. The summed E-state index contributed by atoms with van der Waals surface area (Å²) < 4.78 is 5.33. The van der Waals surface area contributed by atoms with Gasteiger partial charge in [-0.1, -0.05) is 41.6 Å². The van der Waals surface area contributed by atoms with Crippen LogP contribution in [0.3, 0.4) is 0 Å². The Hall–Kier alpha value is -1.87.